The van der Waals surface area contributed by atoms with Crippen molar-refractivity contribution in [2.24, 2.45) is 5.11 Å². The van der Waals surface area contributed by atoms with Crippen LogP contribution in [0.1, 0.15) is 24.2 Å². The maximum Gasteiger partial charge on any atom is 0.322 e. The molecule has 14 heteroatoms. The molecule has 1 N–H and O–H groups in total. The summed E-state index contributed by atoms with van der Waals surface area (Å²) in [5, 5.41) is 4.57. The van der Waals surface area contributed by atoms with Gasteiger partial charge in [0.05, 0.1) is 26.4 Å². The van der Waals surface area contributed by atoms with Gasteiger partial charge in [-0.3, -0.25) is 9.59 Å². The average molecular weight is 515 g/mol. The summed E-state index contributed by atoms with van der Waals surface area (Å²) in [6, 6.07) is 0. The predicted octanol–water partition coefficient (Wildman–Crippen LogP) is 3.66. The number of ether oxygens (including phenoxy) is 3. The van der Waals surface area contributed by atoms with Crippen molar-refractivity contribution >= 4 is 33.5 Å². The Morgan fingerprint density at radius 3 is 2.03 bits per heavy atom. The zero-order valence-corrected chi connectivity index (χ0v) is 18.1. The quantitative estimate of drug-likeness (QED) is 0.0666. The van der Waals surface area contributed by atoms with E-state index in [2.05, 4.69) is 26.0 Å². The van der Waals surface area contributed by atoms with Crippen LogP contribution in [0, 0.1) is 23.3 Å². The van der Waals surface area contributed by atoms with Crippen molar-refractivity contribution in [2.45, 2.75) is 18.2 Å². The van der Waals surface area contributed by atoms with E-state index in [9.17, 15) is 27.2 Å². The van der Waals surface area contributed by atoms with Gasteiger partial charge in [0.1, 0.15) is 22.2 Å². The molecular formula is C17H19BrF4N4O5. The number of azide groups is 1. The number of alkyl halides is 1. The van der Waals surface area contributed by atoms with Gasteiger partial charge in [0.15, 0.2) is 23.3 Å². The maximum absolute atomic E-state index is 13.9. The molecule has 1 amide bonds. The van der Waals surface area contributed by atoms with Crippen LogP contribution in [0.3, 0.4) is 0 Å². The van der Waals surface area contributed by atoms with Gasteiger partial charge in [-0.15, -0.1) is 0 Å². The Kier molecular flexibility index (Phi) is 10.7. The molecular weight excluding hydrogens is 496 g/mol. The fourth-order valence-corrected chi connectivity index (χ4v) is 2.08. The lowest BCUT2D eigenvalue weighted by molar-refractivity contribution is -0.147. The molecule has 0 aromatic heterocycles. The largest absolute Gasteiger partial charge is 0.462 e. The van der Waals surface area contributed by atoms with Gasteiger partial charge in [0, 0.05) is 11.5 Å². The molecule has 0 aliphatic rings. The summed E-state index contributed by atoms with van der Waals surface area (Å²) < 4.78 is 69.5. The molecule has 0 atom stereocenters. The van der Waals surface area contributed by atoms with Crippen molar-refractivity contribution in [1.82, 2.24) is 5.32 Å². The average Bonchev–Trinajstić information content (AvgIpc) is 2.70. The number of carbonyl (C=O) groups excluding carboxylic acids is 2. The van der Waals surface area contributed by atoms with Crippen molar-refractivity contribution in [3.8, 4) is 0 Å². The van der Waals surface area contributed by atoms with Gasteiger partial charge in [-0.2, -0.15) is 0 Å². The Labute approximate surface area is 182 Å². The summed E-state index contributed by atoms with van der Waals surface area (Å²) >= 11 is 3.15. The number of carbonyl (C=O) groups is 2. The topological polar surface area (TPSA) is 123 Å². The summed E-state index contributed by atoms with van der Waals surface area (Å²) in [5.41, 5.74) is 5.18. The summed E-state index contributed by atoms with van der Waals surface area (Å²) in [4.78, 5) is 25.4. The first-order valence-electron chi connectivity index (χ1n) is 8.73. The van der Waals surface area contributed by atoms with Crippen molar-refractivity contribution in [3.05, 3.63) is 39.3 Å². The number of halogens is 5. The van der Waals surface area contributed by atoms with Crippen molar-refractivity contribution < 1.29 is 41.4 Å². The molecule has 172 valence electrons. The molecule has 0 radical (unpaired) electrons. The zero-order chi connectivity index (χ0) is 23.6. The van der Waals surface area contributed by atoms with Crippen LogP contribution >= 0.6 is 15.9 Å². The number of nitrogens with zero attached hydrogens (tertiary/aromatic N) is 3. The lowest BCUT2D eigenvalue weighted by Gasteiger charge is -2.14. The van der Waals surface area contributed by atoms with E-state index in [0.717, 1.165) is 0 Å². The first-order valence-corrected chi connectivity index (χ1v) is 9.52. The number of amides is 1. The number of hydrogen-bond acceptors (Lipinski definition) is 6. The van der Waals surface area contributed by atoms with Crippen LogP contribution in [0.2, 0.25) is 0 Å². The second-order valence-corrected chi connectivity index (χ2v) is 8.24. The fourth-order valence-electron chi connectivity index (χ4n) is 1.96. The molecule has 0 aliphatic carbocycles. The first kappa shape index (κ1) is 26.6. The molecule has 9 nitrogen and oxygen atoms in total. The molecule has 0 saturated carbocycles. The van der Waals surface area contributed by atoms with Crippen LogP contribution < -0.4 is 5.32 Å². The highest BCUT2D eigenvalue weighted by Crippen LogP contribution is 2.30. The smallest absolute Gasteiger partial charge is 0.322 e. The Bertz CT molecular complexity index is 831. The van der Waals surface area contributed by atoms with Crippen LogP contribution in [0.4, 0.5) is 23.2 Å². The zero-order valence-electron chi connectivity index (χ0n) is 16.5. The second kappa shape index (κ2) is 12.4. The van der Waals surface area contributed by atoms with Crippen molar-refractivity contribution in [2.75, 3.05) is 39.6 Å². The number of hydrogen-bond donors (Lipinski definition) is 1. The standard InChI is InChI=1S/C17H19BrF4N4O5/c1-17(2,18)16(28)31-8-7-30-6-5-29-4-3-24-15(27)9-10(19)12(21)14(25-26-23)13(22)11(9)20/h3-8H2,1-2H3,(H,24,27). The van der Waals surface area contributed by atoms with Gasteiger partial charge in [0.25, 0.3) is 5.91 Å². The molecule has 0 spiro atoms. The van der Waals surface area contributed by atoms with Gasteiger partial charge in [-0.05, 0) is 19.4 Å². The van der Waals surface area contributed by atoms with Crippen molar-refractivity contribution in [3.63, 3.8) is 0 Å². The van der Waals surface area contributed by atoms with Crippen molar-refractivity contribution in [1.29, 1.82) is 0 Å². The summed E-state index contributed by atoms with van der Waals surface area (Å²) in [6.07, 6.45) is 0. The van der Waals surface area contributed by atoms with E-state index in [1.54, 1.807) is 13.8 Å². The summed E-state index contributed by atoms with van der Waals surface area (Å²) in [6.45, 7) is 3.38. The number of benzene rings is 1. The molecule has 0 saturated heterocycles. The lowest BCUT2D eigenvalue weighted by atomic mass is 10.1. The highest BCUT2D eigenvalue weighted by atomic mass is 79.9. The normalized spacial score (nSPS) is 11.1. The minimum absolute atomic E-state index is 0.0483. The molecule has 0 unspecified atom stereocenters. The Hall–Kier alpha value is -2.41. The summed E-state index contributed by atoms with van der Waals surface area (Å²) in [7, 11) is 0. The molecule has 0 bridgehead atoms. The third-order valence-electron chi connectivity index (χ3n) is 3.46. The van der Waals surface area contributed by atoms with E-state index in [-0.39, 0.29) is 39.6 Å². The Morgan fingerprint density at radius 1 is 1.00 bits per heavy atom. The van der Waals surface area contributed by atoms with Crippen LogP contribution in [0.25, 0.3) is 10.4 Å². The number of esters is 1. The monoisotopic (exact) mass is 514 g/mol. The van der Waals surface area contributed by atoms with Gasteiger partial charge in [0.2, 0.25) is 0 Å². The van der Waals surface area contributed by atoms with Gasteiger partial charge >= 0.3 is 5.97 Å². The Morgan fingerprint density at radius 2 is 1.52 bits per heavy atom. The van der Waals surface area contributed by atoms with E-state index in [1.807, 2.05) is 5.32 Å². The molecule has 0 heterocycles. The highest BCUT2D eigenvalue weighted by molar-refractivity contribution is 9.10. The highest BCUT2D eigenvalue weighted by Gasteiger charge is 2.28. The van der Waals surface area contributed by atoms with E-state index < -0.39 is 50.7 Å². The minimum atomic E-state index is -1.99. The maximum atomic E-state index is 13.9. The van der Waals surface area contributed by atoms with Gasteiger partial charge < -0.3 is 19.5 Å². The van der Waals surface area contributed by atoms with E-state index in [1.165, 1.54) is 0 Å². The van der Waals surface area contributed by atoms with Crippen LogP contribution in [0.15, 0.2) is 5.11 Å². The predicted molar refractivity (Wildman–Crippen MR) is 103 cm³/mol. The third-order valence-corrected chi connectivity index (χ3v) is 3.79. The SMILES string of the molecule is CC(C)(Br)C(=O)OCCOCCOCCNC(=O)c1c(F)c(F)c(N=[N+]=[N-])c(F)c1F. The van der Waals surface area contributed by atoms with E-state index in [0.29, 0.717) is 0 Å². The van der Waals surface area contributed by atoms with E-state index >= 15 is 0 Å². The van der Waals surface area contributed by atoms with E-state index in [4.69, 9.17) is 19.7 Å². The molecule has 1 aromatic carbocycles. The first-order chi connectivity index (χ1) is 14.5. The van der Waals surface area contributed by atoms with Crippen LogP contribution in [-0.4, -0.2) is 55.8 Å². The molecule has 1 aromatic rings. The lowest BCUT2D eigenvalue weighted by Crippen LogP contribution is -2.30. The third kappa shape index (κ3) is 7.98. The molecule has 1 rings (SSSR count). The van der Waals surface area contributed by atoms with Gasteiger partial charge in [-0.25, -0.2) is 17.6 Å². The molecule has 31 heavy (non-hydrogen) atoms. The second-order valence-electron chi connectivity index (χ2n) is 6.26. The van der Waals surface area contributed by atoms with Crippen LogP contribution in [-0.2, 0) is 19.0 Å². The van der Waals surface area contributed by atoms with Gasteiger partial charge in [-0.1, -0.05) is 21.0 Å². The molecule has 0 aliphatic heterocycles. The molecule has 0 fully saturated rings. The summed E-state index contributed by atoms with van der Waals surface area (Å²) in [5.74, 6) is -9.81. The number of nitrogens with one attached hydrogen (secondary N) is 1. The minimum Gasteiger partial charge on any atom is -0.462 e. The fraction of sp³-hybridized carbons (Fsp3) is 0.529. The number of rotatable bonds is 12. The Balaban J connectivity index is 2.35. The van der Waals surface area contributed by atoms with Crippen LogP contribution in [0.5, 0.6) is 0 Å².